The number of hydrogen-bond acceptors (Lipinski definition) is 1. The Hall–Kier alpha value is -1.65. The lowest BCUT2D eigenvalue weighted by Gasteiger charge is -2.33. The van der Waals surface area contributed by atoms with E-state index < -0.39 is 11.6 Å². The molecule has 5 heteroatoms. The van der Waals surface area contributed by atoms with Gasteiger partial charge in [0.05, 0.1) is 26.2 Å². The maximum Gasteiger partial charge on any atom is 0.159 e. The summed E-state index contributed by atoms with van der Waals surface area (Å²) in [5.41, 5.74) is 2.02. The second kappa shape index (κ2) is 6.63. The van der Waals surface area contributed by atoms with Crippen LogP contribution >= 0.6 is 11.6 Å². The molecule has 0 aromatic heterocycles. The van der Waals surface area contributed by atoms with Crippen LogP contribution in [0.4, 0.5) is 14.5 Å². The highest BCUT2D eigenvalue weighted by Gasteiger charge is 2.20. The van der Waals surface area contributed by atoms with Crippen molar-refractivity contribution < 1.29 is 13.7 Å². The first-order chi connectivity index (χ1) is 10.6. The van der Waals surface area contributed by atoms with E-state index in [1.807, 2.05) is 24.3 Å². The van der Waals surface area contributed by atoms with Gasteiger partial charge in [-0.25, -0.2) is 8.78 Å². The maximum atomic E-state index is 13.2. The predicted molar refractivity (Wildman–Crippen MR) is 84.4 cm³/mol. The van der Waals surface area contributed by atoms with E-state index in [0.717, 1.165) is 43.3 Å². The van der Waals surface area contributed by atoms with E-state index in [-0.39, 0.29) is 0 Å². The topological polar surface area (TPSA) is 7.68 Å². The van der Waals surface area contributed by atoms with Crippen LogP contribution in [0.15, 0.2) is 42.5 Å². The zero-order valence-corrected chi connectivity index (χ0v) is 12.9. The summed E-state index contributed by atoms with van der Waals surface area (Å²) in [4.78, 5) is 3.71. The summed E-state index contributed by atoms with van der Waals surface area (Å²) in [7, 11) is 0. The van der Waals surface area contributed by atoms with Gasteiger partial charge in [0.2, 0.25) is 0 Å². The largest absolute Gasteiger partial charge is 0.360 e. The van der Waals surface area contributed by atoms with Crippen molar-refractivity contribution >= 4 is 17.3 Å². The van der Waals surface area contributed by atoms with Crippen LogP contribution in [0.3, 0.4) is 0 Å². The van der Waals surface area contributed by atoms with Crippen molar-refractivity contribution in [1.82, 2.24) is 0 Å². The Morgan fingerprint density at radius 3 is 2.27 bits per heavy atom. The van der Waals surface area contributed by atoms with Gasteiger partial charge in [-0.2, -0.15) is 0 Å². The fourth-order valence-electron chi connectivity index (χ4n) is 2.85. The van der Waals surface area contributed by atoms with Gasteiger partial charge in [-0.15, -0.1) is 0 Å². The molecule has 0 unspecified atom stereocenters. The summed E-state index contributed by atoms with van der Waals surface area (Å²) in [6.45, 7) is 4.57. The minimum Gasteiger partial charge on any atom is -0.360 e. The maximum absolute atomic E-state index is 13.2. The van der Waals surface area contributed by atoms with Crippen LogP contribution in [-0.2, 0) is 6.54 Å². The van der Waals surface area contributed by atoms with E-state index in [4.69, 9.17) is 11.6 Å². The van der Waals surface area contributed by atoms with Gasteiger partial charge in [-0.05, 0) is 36.4 Å². The number of piperazine rings is 1. The Labute approximate surface area is 133 Å². The molecule has 1 heterocycles. The Kier molecular flexibility index (Phi) is 4.60. The van der Waals surface area contributed by atoms with Crippen LogP contribution in [0.2, 0.25) is 5.02 Å². The number of nitrogens with one attached hydrogen (secondary N) is 1. The minimum absolute atomic E-state index is 0.728. The van der Waals surface area contributed by atoms with Gasteiger partial charge >= 0.3 is 0 Å². The molecule has 0 radical (unpaired) electrons. The fraction of sp³-hybridized carbons (Fsp3) is 0.294. The molecule has 116 valence electrons. The van der Waals surface area contributed by atoms with Gasteiger partial charge < -0.3 is 9.80 Å². The highest BCUT2D eigenvalue weighted by Crippen LogP contribution is 2.17. The van der Waals surface area contributed by atoms with Crippen LogP contribution in [0.5, 0.6) is 0 Å². The average Bonchev–Trinajstić information content (AvgIpc) is 2.53. The van der Waals surface area contributed by atoms with Crippen molar-refractivity contribution in [2.75, 3.05) is 31.1 Å². The molecular formula is C17H18ClF2N2+. The summed E-state index contributed by atoms with van der Waals surface area (Å²) in [5, 5.41) is 0.742. The molecule has 1 saturated heterocycles. The first-order valence-corrected chi connectivity index (χ1v) is 7.77. The monoisotopic (exact) mass is 323 g/mol. The van der Waals surface area contributed by atoms with Gasteiger partial charge in [-0.1, -0.05) is 17.7 Å². The highest BCUT2D eigenvalue weighted by molar-refractivity contribution is 6.30. The second-order valence-electron chi connectivity index (χ2n) is 5.64. The lowest BCUT2D eigenvalue weighted by Crippen LogP contribution is -3.13. The molecule has 1 N–H and O–H groups in total. The van der Waals surface area contributed by atoms with E-state index in [1.165, 1.54) is 22.7 Å². The number of nitrogens with zero attached hydrogens (tertiary/aromatic N) is 1. The summed E-state index contributed by atoms with van der Waals surface area (Å²) in [6.07, 6.45) is 0. The van der Waals surface area contributed by atoms with E-state index in [0.29, 0.717) is 0 Å². The first-order valence-electron chi connectivity index (χ1n) is 7.40. The summed E-state index contributed by atoms with van der Waals surface area (Å²) >= 11 is 5.91. The van der Waals surface area contributed by atoms with Crippen LogP contribution < -0.4 is 9.80 Å². The Morgan fingerprint density at radius 1 is 0.955 bits per heavy atom. The van der Waals surface area contributed by atoms with Crippen molar-refractivity contribution in [1.29, 1.82) is 0 Å². The van der Waals surface area contributed by atoms with Crippen LogP contribution in [0.25, 0.3) is 0 Å². The third-order valence-electron chi connectivity index (χ3n) is 4.10. The Bertz CT molecular complexity index is 638. The predicted octanol–water partition coefficient (Wildman–Crippen LogP) is 2.52. The molecule has 22 heavy (non-hydrogen) atoms. The number of quaternary nitrogens is 1. The molecule has 0 atom stereocenters. The molecule has 0 aliphatic carbocycles. The molecule has 2 aromatic rings. The zero-order valence-electron chi connectivity index (χ0n) is 12.2. The smallest absolute Gasteiger partial charge is 0.159 e. The van der Waals surface area contributed by atoms with E-state index >= 15 is 0 Å². The van der Waals surface area contributed by atoms with E-state index in [2.05, 4.69) is 4.90 Å². The number of anilines is 1. The van der Waals surface area contributed by atoms with Crippen LogP contribution in [-0.4, -0.2) is 26.2 Å². The van der Waals surface area contributed by atoms with Gasteiger partial charge in [0, 0.05) is 16.3 Å². The second-order valence-corrected chi connectivity index (χ2v) is 6.08. The molecule has 0 bridgehead atoms. The Balaban J connectivity index is 1.57. The van der Waals surface area contributed by atoms with Crippen molar-refractivity contribution in [2.45, 2.75) is 6.54 Å². The number of benzene rings is 2. The normalized spacial score (nSPS) is 16.0. The average molecular weight is 324 g/mol. The summed E-state index contributed by atoms with van der Waals surface area (Å²) < 4.78 is 26.2. The first kappa shape index (κ1) is 15.3. The zero-order chi connectivity index (χ0) is 15.5. The van der Waals surface area contributed by atoms with Gasteiger partial charge in [0.1, 0.15) is 6.54 Å². The molecule has 2 aromatic carbocycles. The minimum atomic E-state index is -0.786. The number of hydrogen-bond donors (Lipinski definition) is 1. The SMILES string of the molecule is Fc1ccc(C[NH+]2CCN(c3ccc(Cl)cc3)CC2)cc1F. The summed E-state index contributed by atoms with van der Waals surface area (Å²) in [5.74, 6) is -1.55. The Morgan fingerprint density at radius 2 is 1.64 bits per heavy atom. The standard InChI is InChI=1S/C17H17ClF2N2/c18-14-2-4-15(5-3-14)22-9-7-21(8-10-22)12-13-1-6-16(19)17(20)11-13/h1-6,11H,7-10,12H2/p+1. The third-order valence-corrected chi connectivity index (χ3v) is 4.35. The van der Waals surface area contributed by atoms with Gasteiger partial charge in [-0.3, -0.25) is 0 Å². The summed E-state index contributed by atoms with van der Waals surface area (Å²) in [6, 6.07) is 12.0. The number of rotatable bonds is 3. The van der Waals surface area contributed by atoms with Crippen molar-refractivity contribution in [3.63, 3.8) is 0 Å². The molecule has 3 rings (SSSR count). The molecule has 1 aliphatic heterocycles. The molecule has 1 aliphatic rings. The molecule has 2 nitrogen and oxygen atoms in total. The van der Waals surface area contributed by atoms with E-state index in [9.17, 15) is 8.78 Å². The lowest BCUT2D eigenvalue weighted by atomic mass is 10.1. The third kappa shape index (κ3) is 3.57. The van der Waals surface area contributed by atoms with Crippen LogP contribution in [0, 0.1) is 11.6 Å². The molecule has 1 fully saturated rings. The molecule has 0 amide bonds. The lowest BCUT2D eigenvalue weighted by molar-refractivity contribution is -0.914. The van der Waals surface area contributed by atoms with Crippen LogP contribution in [0.1, 0.15) is 5.56 Å². The van der Waals surface area contributed by atoms with Crippen molar-refractivity contribution in [2.24, 2.45) is 0 Å². The quantitative estimate of drug-likeness (QED) is 0.912. The fourth-order valence-corrected chi connectivity index (χ4v) is 2.97. The number of halogens is 3. The molecular weight excluding hydrogens is 306 g/mol. The highest BCUT2D eigenvalue weighted by atomic mass is 35.5. The van der Waals surface area contributed by atoms with Crippen molar-refractivity contribution in [3.05, 3.63) is 64.7 Å². The van der Waals surface area contributed by atoms with Crippen molar-refractivity contribution in [3.8, 4) is 0 Å². The van der Waals surface area contributed by atoms with Gasteiger partial charge in [0.15, 0.2) is 11.6 Å². The van der Waals surface area contributed by atoms with Gasteiger partial charge in [0.25, 0.3) is 0 Å². The molecule has 0 saturated carbocycles. The van der Waals surface area contributed by atoms with E-state index in [1.54, 1.807) is 6.07 Å². The molecule has 0 spiro atoms.